The van der Waals surface area contributed by atoms with Gasteiger partial charge in [-0.25, -0.2) is 4.98 Å². The molecule has 2 unspecified atom stereocenters. The van der Waals surface area contributed by atoms with Gasteiger partial charge in [-0.3, -0.25) is 4.79 Å². The van der Waals surface area contributed by atoms with Crippen molar-refractivity contribution in [2.75, 3.05) is 19.8 Å². The number of alkyl halides is 3. The van der Waals surface area contributed by atoms with Crippen LogP contribution in [0.25, 0.3) is 0 Å². The second-order valence-corrected chi connectivity index (χ2v) is 6.09. The molecule has 0 saturated carbocycles. The predicted molar refractivity (Wildman–Crippen MR) is 86.6 cm³/mol. The zero-order chi connectivity index (χ0) is 19.0. The van der Waals surface area contributed by atoms with Gasteiger partial charge in [0.1, 0.15) is 6.10 Å². The van der Waals surface area contributed by atoms with Crippen LogP contribution >= 0.6 is 0 Å². The van der Waals surface area contributed by atoms with E-state index < -0.39 is 18.9 Å². The number of nitrogens with zero attached hydrogens (tertiary/aromatic N) is 1. The number of hydrogen-bond donors (Lipinski definition) is 1. The molecule has 1 aromatic rings. The van der Waals surface area contributed by atoms with E-state index in [-0.39, 0.29) is 24.4 Å². The highest BCUT2D eigenvalue weighted by Gasteiger charge is 2.28. The summed E-state index contributed by atoms with van der Waals surface area (Å²) in [4.78, 5) is 15.8. The molecule has 1 fully saturated rings. The molecule has 2 atom stereocenters. The SMILES string of the molecule is CC(OCC1CCCCO1)C(=O)NCc1ccnc(OCC(F)(F)F)c1. The Kier molecular flexibility index (Phi) is 7.65. The highest BCUT2D eigenvalue weighted by atomic mass is 19.4. The molecule has 1 amide bonds. The third kappa shape index (κ3) is 7.57. The lowest BCUT2D eigenvalue weighted by molar-refractivity contribution is -0.154. The first-order valence-electron chi connectivity index (χ1n) is 8.49. The van der Waals surface area contributed by atoms with Crippen molar-refractivity contribution < 1.29 is 32.2 Å². The third-order valence-corrected chi connectivity index (χ3v) is 3.83. The Bertz CT molecular complexity index is 577. The van der Waals surface area contributed by atoms with Gasteiger partial charge >= 0.3 is 6.18 Å². The van der Waals surface area contributed by atoms with Crippen molar-refractivity contribution in [2.24, 2.45) is 0 Å². The van der Waals surface area contributed by atoms with Crippen molar-refractivity contribution in [3.05, 3.63) is 23.9 Å². The fraction of sp³-hybridized carbons (Fsp3) is 0.647. The number of ether oxygens (including phenoxy) is 3. The number of amides is 1. The van der Waals surface area contributed by atoms with E-state index in [1.54, 1.807) is 13.0 Å². The number of carbonyl (C=O) groups is 1. The largest absolute Gasteiger partial charge is 0.468 e. The second kappa shape index (κ2) is 9.72. The lowest BCUT2D eigenvalue weighted by Crippen LogP contribution is -2.36. The molecule has 1 saturated heterocycles. The molecule has 2 rings (SSSR count). The van der Waals surface area contributed by atoms with Gasteiger partial charge < -0.3 is 19.5 Å². The van der Waals surface area contributed by atoms with Gasteiger partial charge in [0.05, 0.1) is 12.7 Å². The van der Waals surface area contributed by atoms with Crippen molar-refractivity contribution in [1.82, 2.24) is 10.3 Å². The zero-order valence-corrected chi connectivity index (χ0v) is 14.6. The van der Waals surface area contributed by atoms with Crippen LogP contribution in [0, 0.1) is 0 Å². The fourth-order valence-corrected chi connectivity index (χ4v) is 2.39. The average Bonchev–Trinajstić information content (AvgIpc) is 2.63. The maximum atomic E-state index is 12.2. The van der Waals surface area contributed by atoms with Crippen LogP contribution in [-0.2, 0) is 20.8 Å². The number of aromatic nitrogens is 1. The molecule has 0 radical (unpaired) electrons. The standard InChI is InChI=1S/C17H23F3N2O4/c1-12(25-10-14-4-2-3-7-24-14)16(23)22-9-13-5-6-21-15(8-13)26-11-17(18,19)20/h5-6,8,12,14H,2-4,7,9-11H2,1H3,(H,22,23). The van der Waals surface area contributed by atoms with Crippen LogP contribution in [0.4, 0.5) is 13.2 Å². The van der Waals surface area contributed by atoms with Gasteiger partial charge in [0.2, 0.25) is 11.8 Å². The maximum Gasteiger partial charge on any atom is 0.422 e. The zero-order valence-electron chi connectivity index (χ0n) is 14.6. The van der Waals surface area contributed by atoms with Crippen molar-refractivity contribution in [1.29, 1.82) is 0 Å². The van der Waals surface area contributed by atoms with Gasteiger partial charge in [-0.2, -0.15) is 13.2 Å². The summed E-state index contributed by atoms with van der Waals surface area (Å²) in [6.07, 6.45) is -0.668. The summed E-state index contributed by atoms with van der Waals surface area (Å²) in [5, 5.41) is 2.68. The van der Waals surface area contributed by atoms with E-state index in [2.05, 4.69) is 15.0 Å². The number of rotatable bonds is 8. The Labute approximate surface area is 150 Å². The van der Waals surface area contributed by atoms with Crippen LogP contribution < -0.4 is 10.1 Å². The molecule has 2 heterocycles. The molecular weight excluding hydrogens is 353 g/mol. The van der Waals surface area contributed by atoms with E-state index in [1.807, 2.05) is 0 Å². The molecule has 1 aliphatic rings. The molecule has 1 aliphatic heterocycles. The topological polar surface area (TPSA) is 69.7 Å². The van der Waals surface area contributed by atoms with Gasteiger partial charge in [-0.1, -0.05) is 0 Å². The number of carbonyl (C=O) groups excluding carboxylic acids is 1. The summed E-state index contributed by atoms with van der Waals surface area (Å²) in [5.41, 5.74) is 0.577. The molecule has 0 aromatic carbocycles. The Balaban J connectivity index is 1.73. The number of hydrogen-bond acceptors (Lipinski definition) is 5. The Morgan fingerprint density at radius 2 is 2.27 bits per heavy atom. The van der Waals surface area contributed by atoms with E-state index in [4.69, 9.17) is 9.47 Å². The van der Waals surface area contributed by atoms with E-state index in [1.165, 1.54) is 12.3 Å². The van der Waals surface area contributed by atoms with Gasteiger partial charge in [-0.05, 0) is 37.8 Å². The first-order valence-corrected chi connectivity index (χ1v) is 8.49. The van der Waals surface area contributed by atoms with Crippen LogP contribution in [0.3, 0.4) is 0 Å². The minimum absolute atomic E-state index is 0.0209. The minimum atomic E-state index is -4.43. The van der Waals surface area contributed by atoms with Crippen molar-refractivity contribution >= 4 is 5.91 Å². The van der Waals surface area contributed by atoms with E-state index >= 15 is 0 Å². The summed E-state index contributed by atoms with van der Waals surface area (Å²) >= 11 is 0. The third-order valence-electron chi connectivity index (χ3n) is 3.83. The average molecular weight is 376 g/mol. The molecule has 0 aliphatic carbocycles. The van der Waals surface area contributed by atoms with E-state index in [0.29, 0.717) is 12.2 Å². The van der Waals surface area contributed by atoms with Gasteiger partial charge in [0, 0.05) is 25.4 Å². The smallest absolute Gasteiger partial charge is 0.422 e. The number of nitrogens with one attached hydrogen (secondary N) is 1. The molecular formula is C17H23F3N2O4. The monoisotopic (exact) mass is 376 g/mol. The first kappa shape index (κ1) is 20.4. The Morgan fingerprint density at radius 1 is 1.46 bits per heavy atom. The van der Waals surface area contributed by atoms with Gasteiger partial charge in [0.15, 0.2) is 6.61 Å². The first-order chi connectivity index (χ1) is 12.3. The molecule has 6 nitrogen and oxygen atoms in total. The van der Waals surface area contributed by atoms with E-state index in [9.17, 15) is 18.0 Å². The van der Waals surface area contributed by atoms with Crippen LogP contribution in [0.1, 0.15) is 31.7 Å². The summed E-state index contributed by atoms with van der Waals surface area (Å²) in [6, 6.07) is 2.94. The summed E-state index contributed by atoms with van der Waals surface area (Å²) < 4.78 is 52.1. The van der Waals surface area contributed by atoms with Crippen molar-refractivity contribution in [3.8, 4) is 5.88 Å². The predicted octanol–water partition coefficient (Wildman–Crippen LogP) is 2.61. The van der Waals surface area contributed by atoms with Gasteiger partial charge in [0.25, 0.3) is 0 Å². The summed E-state index contributed by atoms with van der Waals surface area (Å²) in [6.45, 7) is 1.44. The quantitative estimate of drug-likeness (QED) is 0.755. The minimum Gasteiger partial charge on any atom is -0.468 e. The van der Waals surface area contributed by atoms with Crippen LogP contribution in [-0.4, -0.2) is 49.1 Å². The lowest BCUT2D eigenvalue weighted by Gasteiger charge is -2.23. The fourth-order valence-electron chi connectivity index (χ4n) is 2.39. The highest BCUT2D eigenvalue weighted by Crippen LogP contribution is 2.17. The summed E-state index contributed by atoms with van der Waals surface area (Å²) in [7, 11) is 0. The van der Waals surface area contributed by atoms with Crippen LogP contribution in [0.5, 0.6) is 5.88 Å². The summed E-state index contributed by atoms with van der Waals surface area (Å²) in [5.74, 6) is -0.455. The van der Waals surface area contributed by atoms with Gasteiger partial charge in [-0.15, -0.1) is 0 Å². The highest BCUT2D eigenvalue weighted by molar-refractivity contribution is 5.80. The Hall–Kier alpha value is -1.87. The van der Waals surface area contributed by atoms with Crippen LogP contribution in [0.2, 0.25) is 0 Å². The van der Waals surface area contributed by atoms with Crippen LogP contribution in [0.15, 0.2) is 18.3 Å². The van der Waals surface area contributed by atoms with E-state index in [0.717, 1.165) is 25.9 Å². The Morgan fingerprint density at radius 3 is 2.96 bits per heavy atom. The molecule has 9 heteroatoms. The molecule has 0 spiro atoms. The van der Waals surface area contributed by atoms with Crippen molar-refractivity contribution in [2.45, 2.75) is 51.1 Å². The molecule has 1 aromatic heterocycles. The molecule has 1 N–H and O–H groups in total. The maximum absolute atomic E-state index is 12.2. The molecule has 0 bridgehead atoms. The van der Waals surface area contributed by atoms with Crippen molar-refractivity contribution in [3.63, 3.8) is 0 Å². The second-order valence-electron chi connectivity index (χ2n) is 6.09. The molecule has 146 valence electrons. The lowest BCUT2D eigenvalue weighted by atomic mass is 10.1. The number of halogens is 3. The normalized spacial score (nSPS) is 19.0. The number of pyridine rings is 1. The molecule has 26 heavy (non-hydrogen) atoms.